The quantitative estimate of drug-likeness (QED) is 0.386. The Bertz CT molecular complexity index is 1410. The number of hydrogen-bond donors (Lipinski definition) is 2. The van der Waals surface area contributed by atoms with Gasteiger partial charge in [0.05, 0.1) is 16.6 Å². The summed E-state index contributed by atoms with van der Waals surface area (Å²) in [7, 11) is 0. The summed E-state index contributed by atoms with van der Waals surface area (Å²) < 4.78 is 1.32. The number of carbonyl (C=O) groups excluding carboxylic acids is 2. The second-order valence-corrected chi connectivity index (χ2v) is 10.0. The Labute approximate surface area is 203 Å². The van der Waals surface area contributed by atoms with E-state index in [1.54, 1.807) is 19.1 Å². The van der Waals surface area contributed by atoms with Gasteiger partial charge in [0.2, 0.25) is 11.0 Å². The second-order valence-electron chi connectivity index (χ2n) is 8.03. The average Bonchev–Trinajstić information content (AvgIpc) is 3.41. The van der Waals surface area contributed by atoms with E-state index < -0.39 is 6.04 Å². The number of fused-ring (bicyclic) bond motifs is 1. The van der Waals surface area contributed by atoms with Crippen LogP contribution in [0.25, 0.3) is 10.2 Å². The molecule has 3 heterocycles. The first-order valence-electron chi connectivity index (χ1n) is 10.8. The first kappa shape index (κ1) is 23.7. The standard InChI is InChI=1S/C23H24N6O3S2/c1-5-15(18(30)26-23-28-27-20(34-23)12(2)3)29-11-24-21-16(22(29)32)13(4)17(33-21)19(31)25-14-9-7-6-8-10-14/h6-12,15H,5H2,1-4H3,(H,25,31)(H,26,28,30). The van der Waals surface area contributed by atoms with Crippen LogP contribution >= 0.6 is 22.7 Å². The second kappa shape index (κ2) is 9.82. The predicted molar refractivity (Wildman–Crippen MR) is 135 cm³/mol. The van der Waals surface area contributed by atoms with Gasteiger partial charge in [0.15, 0.2) is 0 Å². The predicted octanol–water partition coefficient (Wildman–Crippen LogP) is 4.58. The van der Waals surface area contributed by atoms with Crippen molar-refractivity contribution in [2.75, 3.05) is 10.6 Å². The van der Waals surface area contributed by atoms with Crippen LogP contribution in [0, 0.1) is 6.92 Å². The fourth-order valence-corrected chi connectivity index (χ4v) is 5.28. The van der Waals surface area contributed by atoms with E-state index in [1.165, 1.54) is 22.2 Å². The molecule has 1 atom stereocenters. The van der Waals surface area contributed by atoms with Gasteiger partial charge < -0.3 is 5.32 Å². The Morgan fingerprint density at radius 3 is 2.47 bits per heavy atom. The fourth-order valence-electron chi connectivity index (χ4n) is 3.50. The molecule has 9 nitrogen and oxygen atoms in total. The summed E-state index contributed by atoms with van der Waals surface area (Å²) in [4.78, 5) is 44.5. The van der Waals surface area contributed by atoms with Crippen molar-refractivity contribution >= 4 is 55.5 Å². The van der Waals surface area contributed by atoms with Crippen molar-refractivity contribution < 1.29 is 9.59 Å². The SMILES string of the molecule is CCC(C(=O)Nc1nnc(C(C)C)s1)n1cnc2sc(C(=O)Nc3ccccc3)c(C)c2c1=O. The number of benzene rings is 1. The number of amides is 2. The van der Waals surface area contributed by atoms with Gasteiger partial charge in [0, 0.05) is 11.6 Å². The highest BCUT2D eigenvalue weighted by Crippen LogP contribution is 2.29. The maximum absolute atomic E-state index is 13.4. The van der Waals surface area contributed by atoms with Gasteiger partial charge in [-0.2, -0.15) is 0 Å². The highest BCUT2D eigenvalue weighted by Gasteiger charge is 2.25. The lowest BCUT2D eigenvalue weighted by Crippen LogP contribution is -2.33. The monoisotopic (exact) mass is 496 g/mol. The van der Waals surface area contributed by atoms with Crippen LogP contribution in [0.3, 0.4) is 0 Å². The zero-order valence-corrected chi connectivity index (χ0v) is 20.8. The van der Waals surface area contributed by atoms with Crippen molar-refractivity contribution in [1.82, 2.24) is 19.7 Å². The third-order valence-corrected chi connectivity index (χ3v) is 7.64. The van der Waals surface area contributed by atoms with Gasteiger partial charge in [-0.3, -0.25) is 24.3 Å². The van der Waals surface area contributed by atoms with Crippen LogP contribution in [-0.2, 0) is 4.79 Å². The average molecular weight is 497 g/mol. The molecule has 0 aliphatic rings. The number of carbonyl (C=O) groups is 2. The van der Waals surface area contributed by atoms with Gasteiger partial charge in [0.25, 0.3) is 11.5 Å². The molecule has 3 aromatic heterocycles. The van der Waals surface area contributed by atoms with Crippen molar-refractivity contribution in [2.45, 2.75) is 46.1 Å². The van der Waals surface area contributed by atoms with Crippen LogP contribution in [-0.4, -0.2) is 31.6 Å². The first-order chi connectivity index (χ1) is 16.3. The van der Waals surface area contributed by atoms with Crippen LogP contribution in [0.2, 0.25) is 0 Å². The van der Waals surface area contributed by atoms with E-state index in [4.69, 9.17) is 0 Å². The molecule has 11 heteroatoms. The van der Waals surface area contributed by atoms with E-state index in [9.17, 15) is 14.4 Å². The molecule has 4 rings (SSSR count). The number of thiophene rings is 1. The summed E-state index contributed by atoms with van der Waals surface area (Å²) in [6, 6.07) is 8.32. The number of nitrogens with zero attached hydrogens (tertiary/aromatic N) is 4. The van der Waals surface area contributed by atoms with Crippen molar-refractivity contribution in [2.24, 2.45) is 0 Å². The van der Waals surface area contributed by atoms with E-state index in [0.717, 1.165) is 16.3 Å². The van der Waals surface area contributed by atoms with Crippen LogP contribution in [0.5, 0.6) is 0 Å². The van der Waals surface area contributed by atoms with Gasteiger partial charge in [-0.25, -0.2) is 4.98 Å². The molecule has 0 saturated heterocycles. The molecule has 2 amide bonds. The highest BCUT2D eigenvalue weighted by atomic mass is 32.1. The normalized spacial score (nSPS) is 12.1. The molecule has 0 saturated carbocycles. The highest BCUT2D eigenvalue weighted by molar-refractivity contribution is 7.20. The van der Waals surface area contributed by atoms with Crippen LogP contribution in [0.1, 0.15) is 59.4 Å². The molecule has 0 aliphatic carbocycles. The van der Waals surface area contributed by atoms with E-state index in [-0.39, 0.29) is 23.3 Å². The van der Waals surface area contributed by atoms with Crippen molar-refractivity contribution in [3.63, 3.8) is 0 Å². The van der Waals surface area contributed by atoms with Crippen LogP contribution in [0.4, 0.5) is 10.8 Å². The topological polar surface area (TPSA) is 119 Å². The number of nitrogens with one attached hydrogen (secondary N) is 2. The molecule has 1 aromatic carbocycles. The lowest BCUT2D eigenvalue weighted by atomic mass is 10.1. The molecule has 1 unspecified atom stereocenters. The number of hydrogen-bond acceptors (Lipinski definition) is 8. The Kier molecular flexibility index (Phi) is 6.85. The third-order valence-electron chi connectivity index (χ3n) is 5.30. The summed E-state index contributed by atoms with van der Waals surface area (Å²) in [5, 5.41) is 15.3. The van der Waals surface area contributed by atoms with Gasteiger partial charge in [-0.1, -0.05) is 50.3 Å². The third kappa shape index (κ3) is 4.62. The molecular formula is C23H24N6O3S2. The Morgan fingerprint density at radius 2 is 1.82 bits per heavy atom. The van der Waals surface area contributed by atoms with E-state index in [0.29, 0.717) is 37.9 Å². The minimum absolute atomic E-state index is 0.203. The van der Waals surface area contributed by atoms with Crippen LogP contribution < -0.4 is 16.2 Å². The van der Waals surface area contributed by atoms with E-state index in [1.807, 2.05) is 39.0 Å². The lowest BCUT2D eigenvalue weighted by Gasteiger charge is -2.16. The zero-order valence-electron chi connectivity index (χ0n) is 19.2. The fraction of sp³-hybridized carbons (Fsp3) is 0.304. The minimum Gasteiger partial charge on any atom is -0.321 e. The number of para-hydroxylation sites is 1. The molecule has 0 radical (unpaired) electrons. The molecule has 34 heavy (non-hydrogen) atoms. The smallest absolute Gasteiger partial charge is 0.266 e. The molecular weight excluding hydrogens is 472 g/mol. The van der Waals surface area contributed by atoms with E-state index in [2.05, 4.69) is 25.8 Å². The Morgan fingerprint density at radius 1 is 1.09 bits per heavy atom. The van der Waals surface area contributed by atoms with Crippen LogP contribution in [0.15, 0.2) is 41.5 Å². The first-order valence-corrected chi connectivity index (χ1v) is 12.4. The molecule has 2 N–H and O–H groups in total. The maximum atomic E-state index is 13.4. The van der Waals surface area contributed by atoms with Gasteiger partial charge in [-0.15, -0.1) is 21.5 Å². The molecule has 0 bridgehead atoms. The summed E-state index contributed by atoms with van der Waals surface area (Å²) in [5.74, 6) is -0.471. The minimum atomic E-state index is -0.781. The van der Waals surface area contributed by atoms with Crippen molar-refractivity contribution in [1.29, 1.82) is 0 Å². The van der Waals surface area contributed by atoms with Crippen molar-refractivity contribution in [3.05, 3.63) is 62.5 Å². The molecule has 0 fully saturated rings. The molecule has 176 valence electrons. The van der Waals surface area contributed by atoms with Gasteiger partial charge in [0.1, 0.15) is 15.9 Å². The number of aryl methyl sites for hydroxylation is 1. The largest absolute Gasteiger partial charge is 0.321 e. The Hall–Kier alpha value is -3.44. The van der Waals surface area contributed by atoms with Crippen molar-refractivity contribution in [3.8, 4) is 0 Å². The molecule has 0 spiro atoms. The van der Waals surface area contributed by atoms with Gasteiger partial charge >= 0.3 is 0 Å². The van der Waals surface area contributed by atoms with Gasteiger partial charge in [-0.05, 0) is 31.0 Å². The lowest BCUT2D eigenvalue weighted by molar-refractivity contribution is -0.119. The maximum Gasteiger partial charge on any atom is 0.266 e. The number of anilines is 2. The van der Waals surface area contributed by atoms with E-state index >= 15 is 0 Å². The summed E-state index contributed by atoms with van der Waals surface area (Å²) in [5.41, 5.74) is 0.843. The summed E-state index contributed by atoms with van der Waals surface area (Å²) >= 11 is 2.47. The summed E-state index contributed by atoms with van der Waals surface area (Å²) in [6.07, 6.45) is 1.74. The molecule has 4 aromatic rings. The summed E-state index contributed by atoms with van der Waals surface area (Å²) in [6.45, 7) is 7.54. The zero-order chi connectivity index (χ0) is 24.4. The number of rotatable bonds is 7. The molecule has 0 aliphatic heterocycles. The Balaban J connectivity index is 1.64. The number of aromatic nitrogens is 4.